The summed E-state index contributed by atoms with van der Waals surface area (Å²) in [6.07, 6.45) is 3.91. The fourth-order valence-electron chi connectivity index (χ4n) is 3.08. The van der Waals surface area contributed by atoms with Crippen LogP contribution in [0.2, 0.25) is 0 Å². The van der Waals surface area contributed by atoms with E-state index in [0.717, 1.165) is 12.2 Å². The zero-order valence-corrected chi connectivity index (χ0v) is 15.4. The molecule has 26 heavy (non-hydrogen) atoms. The first-order valence-electron chi connectivity index (χ1n) is 9.08. The Labute approximate surface area is 154 Å². The summed E-state index contributed by atoms with van der Waals surface area (Å²) in [5.41, 5.74) is 2.13. The molecule has 0 atom stereocenters. The maximum atomic E-state index is 12.6. The molecule has 138 valence electrons. The summed E-state index contributed by atoms with van der Waals surface area (Å²) >= 11 is 0. The first kappa shape index (κ1) is 18.0. The van der Waals surface area contributed by atoms with E-state index in [-0.39, 0.29) is 18.5 Å². The number of hydrogen-bond acceptors (Lipinski definition) is 2. The Kier molecular flexibility index (Phi) is 5.61. The number of rotatable bonds is 7. The standard InChI is InChI=1S/C20H26N4O2/c1-16(2)17-5-7-18(8-6-17)24-14-13-23(20(24)26)15-19(25)21-9-12-22-10-3-4-11-22/h3-8,10-11,16H,9,12-15H2,1-2H3,(H,21,25). The molecule has 0 radical (unpaired) electrons. The van der Waals surface area contributed by atoms with Gasteiger partial charge in [0.25, 0.3) is 0 Å². The molecule has 1 saturated heterocycles. The summed E-state index contributed by atoms with van der Waals surface area (Å²) in [6, 6.07) is 11.9. The molecule has 2 heterocycles. The smallest absolute Gasteiger partial charge is 0.325 e. The van der Waals surface area contributed by atoms with Gasteiger partial charge in [-0.25, -0.2) is 4.79 Å². The van der Waals surface area contributed by atoms with Crippen LogP contribution in [0, 0.1) is 0 Å². The molecule has 1 aliphatic heterocycles. The third-order valence-corrected chi connectivity index (χ3v) is 4.66. The van der Waals surface area contributed by atoms with Gasteiger partial charge in [-0.2, -0.15) is 0 Å². The SMILES string of the molecule is CC(C)c1ccc(N2CCN(CC(=O)NCCn3cccc3)C2=O)cc1. The highest BCUT2D eigenvalue weighted by Crippen LogP contribution is 2.23. The van der Waals surface area contributed by atoms with Crippen LogP contribution in [0.1, 0.15) is 25.3 Å². The fraction of sp³-hybridized carbons (Fsp3) is 0.400. The number of anilines is 1. The van der Waals surface area contributed by atoms with Gasteiger partial charge in [0.05, 0.1) is 0 Å². The normalized spacial score (nSPS) is 14.3. The van der Waals surface area contributed by atoms with E-state index >= 15 is 0 Å². The summed E-state index contributed by atoms with van der Waals surface area (Å²) in [6.45, 7) is 6.84. The molecule has 3 amide bonds. The van der Waals surface area contributed by atoms with Crippen LogP contribution in [0.5, 0.6) is 0 Å². The van der Waals surface area contributed by atoms with Crippen molar-refractivity contribution in [3.05, 3.63) is 54.4 Å². The lowest BCUT2D eigenvalue weighted by Crippen LogP contribution is -2.40. The lowest BCUT2D eigenvalue weighted by Gasteiger charge is -2.19. The van der Waals surface area contributed by atoms with E-state index in [4.69, 9.17) is 0 Å². The molecule has 1 aromatic carbocycles. The monoisotopic (exact) mass is 354 g/mol. The second kappa shape index (κ2) is 8.08. The number of hydrogen-bond donors (Lipinski definition) is 1. The van der Waals surface area contributed by atoms with Gasteiger partial charge in [0.2, 0.25) is 5.91 Å². The van der Waals surface area contributed by atoms with E-state index in [0.29, 0.717) is 25.6 Å². The summed E-state index contributed by atoms with van der Waals surface area (Å²) in [5, 5.41) is 2.87. The summed E-state index contributed by atoms with van der Waals surface area (Å²) in [4.78, 5) is 28.0. The number of aromatic nitrogens is 1. The Balaban J connectivity index is 1.49. The van der Waals surface area contributed by atoms with Crippen LogP contribution in [-0.2, 0) is 11.3 Å². The number of urea groups is 1. The molecule has 0 saturated carbocycles. The first-order valence-corrected chi connectivity index (χ1v) is 9.08. The number of nitrogens with zero attached hydrogens (tertiary/aromatic N) is 3. The average molecular weight is 354 g/mol. The minimum Gasteiger partial charge on any atom is -0.353 e. The number of nitrogens with one attached hydrogen (secondary N) is 1. The van der Waals surface area contributed by atoms with Crippen molar-refractivity contribution in [3.8, 4) is 0 Å². The Hall–Kier alpha value is -2.76. The van der Waals surface area contributed by atoms with Gasteiger partial charge in [0.1, 0.15) is 6.54 Å². The van der Waals surface area contributed by atoms with Crippen LogP contribution in [0.15, 0.2) is 48.8 Å². The molecule has 1 aromatic heterocycles. The van der Waals surface area contributed by atoms with Crippen LogP contribution in [0.25, 0.3) is 0 Å². The molecule has 0 unspecified atom stereocenters. The summed E-state index contributed by atoms with van der Waals surface area (Å²) in [7, 11) is 0. The van der Waals surface area contributed by atoms with Crippen molar-refractivity contribution in [2.75, 3.05) is 31.1 Å². The molecule has 6 heteroatoms. The minimum absolute atomic E-state index is 0.102. The van der Waals surface area contributed by atoms with Crippen molar-refractivity contribution < 1.29 is 9.59 Å². The largest absolute Gasteiger partial charge is 0.353 e. The third-order valence-electron chi connectivity index (χ3n) is 4.66. The molecule has 0 spiro atoms. The lowest BCUT2D eigenvalue weighted by molar-refractivity contribution is -0.121. The van der Waals surface area contributed by atoms with E-state index in [1.54, 1.807) is 9.80 Å². The maximum absolute atomic E-state index is 12.6. The molecular formula is C20H26N4O2. The van der Waals surface area contributed by atoms with Crippen LogP contribution in [0.4, 0.5) is 10.5 Å². The van der Waals surface area contributed by atoms with Gasteiger partial charge in [-0.15, -0.1) is 0 Å². The Morgan fingerprint density at radius 1 is 1.12 bits per heavy atom. The molecule has 3 rings (SSSR count). The molecule has 0 aliphatic carbocycles. The number of amides is 3. The van der Waals surface area contributed by atoms with Crippen LogP contribution in [-0.4, -0.2) is 47.6 Å². The fourth-order valence-corrected chi connectivity index (χ4v) is 3.08. The zero-order valence-electron chi connectivity index (χ0n) is 15.4. The highest BCUT2D eigenvalue weighted by atomic mass is 16.2. The summed E-state index contributed by atoms with van der Waals surface area (Å²) < 4.78 is 2.00. The van der Waals surface area contributed by atoms with Crippen molar-refractivity contribution in [1.82, 2.24) is 14.8 Å². The zero-order chi connectivity index (χ0) is 18.5. The van der Waals surface area contributed by atoms with E-state index < -0.39 is 0 Å². The molecule has 1 fully saturated rings. The van der Waals surface area contributed by atoms with Gasteiger partial charge in [-0.1, -0.05) is 26.0 Å². The van der Waals surface area contributed by atoms with Crippen LogP contribution >= 0.6 is 0 Å². The van der Waals surface area contributed by atoms with Gasteiger partial charge in [0.15, 0.2) is 0 Å². The predicted molar refractivity (Wildman–Crippen MR) is 102 cm³/mol. The highest BCUT2D eigenvalue weighted by Gasteiger charge is 2.30. The van der Waals surface area contributed by atoms with Crippen LogP contribution in [0.3, 0.4) is 0 Å². The van der Waals surface area contributed by atoms with E-state index in [1.165, 1.54) is 5.56 Å². The van der Waals surface area contributed by atoms with Crippen molar-refractivity contribution in [2.24, 2.45) is 0 Å². The molecule has 1 N–H and O–H groups in total. The van der Waals surface area contributed by atoms with Gasteiger partial charge in [0, 0.05) is 44.3 Å². The minimum atomic E-state index is -0.123. The number of carbonyl (C=O) groups excluding carboxylic acids is 2. The third kappa shape index (κ3) is 4.25. The average Bonchev–Trinajstić information content (AvgIpc) is 3.26. The Morgan fingerprint density at radius 2 is 1.81 bits per heavy atom. The molecular weight excluding hydrogens is 328 g/mol. The second-order valence-corrected chi connectivity index (χ2v) is 6.87. The van der Waals surface area contributed by atoms with E-state index in [9.17, 15) is 9.59 Å². The van der Waals surface area contributed by atoms with Crippen molar-refractivity contribution >= 4 is 17.6 Å². The molecule has 1 aliphatic rings. The lowest BCUT2D eigenvalue weighted by atomic mass is 10.0. The van der Waals surface area contributed by atoms with Gasteiger partial charge in [-0.05, 0) is 35.7 Å². The Bertz CT molecular complexity index is 738. The number of carbonyl (C=O) groups is 2. The van der Waals surface area contributed by atoms with Gasteiger partial charge < -0.3 is 14.8 Å². The van der Waals surface area contributed by atoms with E-state index in [1.807, 2.05) is 41.2 Å². The first-order chi connectivity index (χ1) is 12.5. The topological polar surface area (TPSA) is 57.6 Å². The quantitative estimate of drug-likeness (QED) is 0.831. The second-order valence-electron chi connectivity index (χ2n) is 6.87. The number of benzene rings is 1. The summed E-state index contributed by atoms with van der Waals surface area (Å²) in [5.74, 6) is 0.340. The molecule has 6 nitrogen and oxygen atoms in total. The van der Waals surface area contributed by atoms with Gasteiger partial charge in [-0.3, -0.25) is 9.69 Å². The van der Waals surface area contributed by atoms with Crippen molar-refractivity contribution in [1.29, 1.82) is 0 Å². The molecule has 0 bridgehead atoms. The van der Waals surface area contributed by atoms with Crippen molar-refractivity contribution in [3.63, 3.8) is 0 Å². The highest BCUT2D eigenvalue weighted by molar-refractivity contribution is 5.96. The predicted octanol–water partition coefficient (Wildman–Crippen LogP) is 2.67. The molecule has 2 aromatic rings. The Morgan fingerprint density at radius 3 is 2.46 bits per heavy atom. The van der Waals surface area contributed by atoms with Crippen LogP contribution < -0.4 is 10.2 Å². The van der Waals surface area contributed by atoms with Gasteiger partial charge >= 0.3 is 6.03 Å². The van der Waals surface area contributed by atoms with Crippen molar-refractivity contribution in [2.45, 2.75) is 26.3 Å². The maximum Gasteiger partial charge on any atom is 0.325 e. The van der Waals surface area contributed by atoms with E-state index in [2.05, 4.69) is 31.3 Å².